The SMILES string of the molecule is O=C(CN(CCN1CCOCC1)C(=O)C1CCCC1)Nc1ccon1. The molecule has 0 radical (unpaired) electrons. The van der Waals surface area contributed by atoms with Gasteiger partial charge in [-0.25, -0.2) is 0 Å². The van der Waals surface area contributed by atoms with Crippen molar-refractivity contribution in [1.82, 2.24) is 15.0 Å². The molecule has 1 aromatic rings. The van der Waals surface area contributed by atoms with Gasteiger partial charge in [0.05, 0.1) is 19.8 Å². The number of nitrogens with zero attached hydrogens (tertiary/aromatic N) is 3. The van der Waals surface area contributed by atoms with Gasteiger partial charge in [-0.05, 0) is 12.8 Å². The molecule has 0 atom stereocenters. The van der Waals surface area contributed by atoms with Crippen molar-refractivity contribution in [3.8, 4) is 0 Å². The van der Waals surface area contributed by atoms with Crippen molar-refractivity contribution in [1.29, 1.82) is 0 Å². The summed E-state index contributed by atoms with van der Waals surface area (Å²) in [4.78, 5) is 29.1. The number of ether oxygens (including phenoxy) is 1. The van der Waals surface area contributed by atoms with E-state index >= 15 is 0 Å². The molecule has 1 saturated heterocycles. The van der Waals surface area contributed by atoms with Gasteiger partial charge in [-0.3, -0.25) is 14.5 Å². The first-order chi connectivity index (χ1) is 12.2. The molecule has 0 spiro atoms. The number of amides is 2. The predicted molar refractivity (Wildman–Crippen MR) is 90.9 cm³/mol. The number of rotatable bonds is 7. The van der Waals surface area contributed by atoms with Crippen LogP contribution in [0.15, 0.2) is 16.9 Å². The van der Waals surface area contributed by atoms with Gasteiger partial charge in [0, 0.05) is 38.2 Å². The Labute approximate surface area is 147 Å². The molecule has 1 N–H and O–H groups in total. The number of nitrogens with one attached hydrogen (secondary N) is 1. The van der Waals surface area contributed by atoms with Crippen molar-refractivity contribution in [3.63, 3.8) is 0 Å². The van der Waals surface area contributed by atoms with Gasteiger partial charge in [0.25, 0.3) is 0 Å². The molecule has 1 aliphatic heterocycles. The van der Waals surface area contributed by atoms with Crippen LogP contribution < -0.4 is 5.32 Å². The third-order valence-electron chi connectivity index (χ3n) is 4.85. The van der Waals surface area contributed by atoms with Crippen molar-refractivity contribution < 1.29 is 18.8 Å². The molecule has 8 nitrogen and oxygen atoms in total. The highest BCUT2D eigenvalue weighted by Crippen LogP contribution is 2.26. The van der Waals surface area contributed by atoms with E-state index in [9.17, 15) is 9.59 Å². The molecular formula is C17H26N4O4. The highest BCUT2D eigenvalue weighted by molar-refractivity contribution is 5.94. The second-order valence-corrected chi connectivity index (χ2v) is 6.63. The van der Waals surface area contributed by atoms with Gasteiger partial charge >= 0.3 is 0 Å². The number of anilines is 1. The minimum atomic E-state index is -0.248. The van der Waals surface area contributed by atoms with Crippen LogP contribution in [0.2, 0.25) is 0 Å². The Kier molecular flexibility index (Phi) is 6.41. The van der Waals surface area contributed by atoms with Gasteiger partial charge in [0.1, 0.15) is 6.26 Å². The molecule has 138 valence electrons. The van der Waals surface area contributed by atoms with Crippen molar-refractivity contribution in [2.24, 2.45) is 5.92 Å². The lowest BCUT2D eigenvalue weighted by molar-refractivity contribution is -0.138. The average Bonchev–Trinajstić information content (AvgIpc) is 3.32. The van der Waals surface area contributed by atoms with E-state index < -0.39 is 0 Å². The van der Waals surface area contributed by atoms with Gasteiger partial charge in [-0.15, -0.1) is 0 Å². The first-order valence-electron chi connectivity index (χ1n) is 9.01. The number of morpholine rings is 1. The Morgan fingerprint density at radius 1 is 1.28 bits per heavy atom. The Morgan fingerprint density at radius 2 is 2.04 bits per heavy atom. The zero-order valence-corrected chi connectivity index (χ0v) is 14.5. The van der Waals surface area contributed by atoms with Crippen LogP contribution in [0.5, 0.6) is 0 Å². The molecule has 0 aromatic carbocycles. The molecule has 2 heterocycles. The summed E-state index contributed by atoms with van der Waals surface area (Å²) in [6.45, 7) is 4.56. The lowest BCUT2D eigenvalue weighted by Gasteiger charge is -2.31. The fraction of sp³-hybridized carbons (Fsp3) is 0.706. The number of carbonyl (C=O) groups excluding carboxylic acids is 2. The van der Waals surface area contributed by atoms with Gasteiger partial charge in [0.2, 0.25) is 11.8 Å². The zero-order valence-electron chi connectivity index (χ0n) is 14.5. The first-order valence-corrected chi connectivity index (χ1v) is 9.01. The van der Waals surface area contributed by atoms with Crippen LogP contribution in [-0.2, 0) is 14.3 Å². The van der Waals surface area contributed by atoms with Crippen LogP contribution in [0.1, 0.15) is 25.7 Å². The van der Waals surface area contributed by atoms with E-state index in [4.69, 9.17) is 9.26 Å². The summed E-state index contributed by atoms with van der Waals surface area (Å²) in [6, 6.07) is 1.58. The molecule has 1 aromatic heterocycles. The maximum Gasteiger partial charge on any atom is 0.245 e. The minimum Gasteiger partial charge on any atom is -0.379 e. The van der Waals surface area contributed by atoms with E-state index in [0.29, 0.717) is 12.4 Å². The molecule has 2 aliphatic rings. The molecule has 2 amide bonds. The predicted octanol–water partition coefficient (Wildman–Crippen LogP) is 0.964. The maximum absolute atomic E-state index is 12.8. The molecule has 25 heavy (non-hydrogen) atoms. The molecular weight excluding hydrogens is 324 g/mol. The number of hydrogen-bond donors (Lipinski definition) is 1. The molecule has 1 aliphatic carbocycles. The summed E-state index contributed by atoms with van der Waals surface area (Å²) >= 11 is 0. The van der Waals surface area contributed by atoms with E-state index in [1.54, 1.807) is 11.0 Å². The van der Waals surface area contributed by atoms with Crippen molar-refractivity contribution in [2.75, 3.05) is 51.3 Å². The largest absolute Gasteiger partial charge is 0.379 e. The van der Waals surface area contributed by atoms with E-state index in [2.05, 4.69) is 15.4 Å². The standard InChI is InChI=1S/C17H26N4O4/c22-16(18-15-5-10-25-19-15)13-21(17(23)14-3-1-2-4-14)7-6-20-8-11-24-12-9-20/h5,10,14H,1-4,6-9,11-13H2,(H,18,19,22). The first kappa shape index (κ1) is 17.9. The summed E-state index contributed by atoms with van der Waals surface area (Å²) in [7, 11) is 0. The lowest BCUT2D eigenvalue weighted by atomic mass is 10.1. The Hall–Kier alpha value is -1.93. The van der Waals surface area contributed by atoms with Gasteiger partial charge in [-0.2, -0.15) is 0 Å². The van der Waals surface area contributed by atoms with Crippen molar-refractivity contribution in [3.05, 3.63) is 12.3 Å². The smallest absolute Gasteiger partial charge is 0.245 e. The van der Waals surface area contributed by atoms with E-state index in [1.807, 2.05) is 0 Å². The summed E-state index contributed by atoms with van der Waals surface area (Å²) in [5.74, 6) is 0.277. The monoisotopic (exact) mass is 350 g/mol. The molecule has 3 rings (SSSR count). The number of carbonyl (C=O) groups is 2. The van der Waals surface area contributed by atoms with Crippen LogP contribution >= 0.6 is 0 Å². The highest BCUT2D eigenvalue weighted by atomic mass is 16.5. The lowest BCUT2D eigenvalue weighted by Crippen LogP contribution is -2.46. The summed E-state index contributed by atoms with van der Waals surface area (Å²) < 4.78 is 10.1. The molecule has 0 unspecified atom stereocenters. The third kappa shape index (κ3) is 5.27. The normalized spacial score (nSPS) is 19.0. The van der Waals surface area contributed by atoms with E-state index in [0.717, 1.165) is 58.5 Å². The van der Waals surface area contributed by atoms with Crippen LogP contribution in [-0.4, -0.2) is 72.7 Å². The highest BCUT2D eigenvalue weighted by Gasteiger charge is 2.28. The quantitative estimate of drug-likeness (QED) is 0.788. The van der Waals surface area contributed by atoms with Crippen LogP contribution in [0, 0.1) is 5.92 Å². The minimum absolute atomic E-state index is 0.0481. The van der Waals surface area contributed by atoms with Gasteiger partial charge < -0.3 is 19.5 Å². The third-order valence-corrected chi connectivity index (χ3v) is 4.85. The number of hydrogen-bond acceptors (Lipinski definition) is 6. The zero-order chi connectivity index (χ0) is 17.5. The summed E-state index contributed by atoms with van der Waals surface area (Å²) in [5, 5.41) is 6.34. The second kappa shape index (κ2) is 8.96. The molecule has 2 fully saturated rings. The Balaban J connectivity index is 1.56. The fourth-order valence-corrected chi connectivity index (χ4v) is 3.42. The maximum atomic E-state index is 12.8. The van der Waals surface area contributed by atoms with E-state index in [1.165, 1.54) is 6.26 Å². The molecule has 8 heteroatoms. The van der Waals surface area contributed by atoms with Crippen LogP contribution in [0.25, 0.3) is 0 Å². The molecule has 1 saturated carbocycles. The number of aromatic nitrogens is 1. The van der Waals surface area contributed by atoms with E-state index in [-0.39, 0.29) is 24.3 Å². The van der Waals surface area contributed by atoms with Gasteiger partial charge in [-0.1, -0.05) is 18.0 Å². The van der Waals surface area contributed by atoms with Gasteiger partial charge in [0.15, 0.2) is 5.82 Å². The second-order valence-electron chi connectivity index (χ2n) is 6.63. The summed E-state index contributed by atoms with van der Waals surface area (Å²) in [5.41, 5.74) is 0. The van der Waals surface area contributed by atoms with Crippen molar-refractivity contribution in [2.45, 2.75) is 25.7 Å². The Bertz CT molecular complexity index is 551. The van der Waals surface area contributed by atoms with Crippen LogP contribution in [0.3, 0.4) is 0 Å². The topological polar surface area (TPSA) is 87.9 Å². The van der Waals surface area contributed by atoms with Crippen molar-refractivity contribution >= 4 is 17.6 Å². The fourth-order valence-electron chi connectivity index (χ4n) is 3.42. The molecule has 0 bridgehead atoms. The summed E-state index contributed by atoms with van der Waals surface area (Å²) in [6.07, 6.45) is 5.45. The average molecular weight is 350 g/mol. The van der Waals surface area contributed by atoms with Crippen LogP contribution in [0.4, 0.5) is 5.82 Å². The Morgan fingerprint density at radius 3 is 2.72 bits per heavy atom.